The van der Waals surface area contributed by atoms with Gasteiger partial charge < -0.3 is 10.1 Å². The lowest BCUT2D eigenvalue weighted by Crippen LogP contribution is -2.21. The van der Waals surface area contributed by atoms with E-state index in [-0.39, 0.29) is 11.4 Å². The summed E-state index contributed by atoms with van der Waals surface area (Å²) in [4.78, 5) is 22.8. The lowest BCUT2D eigenvalue weighted by Gasteiger charge is -2.14. The zero-order valence-electron chi connectivity index (χ0n) is 11.4. The molecule has 0 spiro atoms. The van der Waals surface area contributed by atoms with E-state index in [4.69, 9.17) is 0 Å². The van der Waals surface area contributed by atoms with Gasteiger partial charge >= 0.3 is 12.1 Å². The number of hydrogen-bond donors (Lipinski definition) is 1. The molecule has 0 saturated carbocycles. The van der Waals surface area contributed by atoms with Crippen molar-refractivity contribution in [2.75, 3.05) is 18.2 Å². The van der Waals surface area contributed by atoms with Crippen molar-refractivity contribution in [3.05, 3.63) is 29.8 Å². The molecule has 1 amide bonds. The third kappa shape index (κ3) is 5.30. The monoisotopic (exact) mass is 321 g/mol. The van der Waals surface area contributed by atoms with Crippen LogP contribution < -0.4 is 5.32 Å². The van der Waals surface area contributed by atoms with Crippen LogP contribution in [-0.4, -0.2) is 30.0 Å². The minimum atomic E-state index is -4.55. The van der Waals surface area contributed by atoms with E-state index in [0.29, 0.717) is 0 Å². The van der Waals surface area contributed by atoms with Gasteiger partial charge in [0.15, 0.2) is 0 Å². The van der Waals surface area contributed by atoms with Gasteiger partial charge in [0.05, 0.1) is 24.1 Å². The van der Waals surface area contributed by atoms with Crippen molar-refractivity contribution >= 4 is 29.3 Å². The Labute approximate surface area is 124 Å². The Bertz CT molecular complexity index is 520. The number of carbonyl (C=O) groups excluding carboxylic acids is 2. The van der Waals surface area contributed by atoms with Gasteiger partial charge in [0.1, 0.15) is 5.25 Å². The molecule has 0 aliphatic carbocycles. The third-order valence-corrected chi connectivity index (χ3v) is 3.63. The average Bonchev–Trinajstić information content (AvgIpc) is 2.43. The molecule has 1 aromatic carbocycles. The summed E-state index contributed by atoms with van der Waals surface area (Å²) in [7, 11) is 1.22. The van der Waals surface area contributed by atoms with Gasteiger partial charge in [-0.15, -0.1) is 11.8 Å². The standard InChI is InChI=1S/C13H14F3NO3S/c1-8(12(19)20-2)21-7-11(18)17-10-6-4-3-5-9(10)13(14,15)16/h3-6,8H,7H2,1-2H3,(H,17,18). The predicted molar refractivity (Wildman–Crippen MR) is 74.0 cm³/mol. The molecule has 0 bridgehead atoms. The Morgan fingerprint density at radius 1 is 1.33 bits per heavy atom. The average molecular weight is 321 g/mol. The molecule has 0 heterocycles. The number of carbonyl (C=O) groups is 2. The largest absolute Gasteiger partial charge is 0.468 e. The van der Waals surface area contributed by atoms with Crippen LogP contribution in [0.15, 0.2) is 24.3 Å². The summed E-state index contributed by atoms with van der Waals surface area (Å²) in [6, 6.07) is 4.70. The summed E-state index contributed by atoms with van der Waals surface area (Å²) in [6.07, 6.45) is -4.55. The summed E-state index contributed by atoms with van der Waals surface area (Å²) in [5.41, 5.74) is -1.22. The number of para-hydroxylation sites is 1. The Balaban J connectivity index is 2.66. The number of hydrogen-bond acceptors (Lipinski definition) is 4. The molecule has 8 heteroatoms. The fraction of sp³-hybridized carbons (Fsp3) is 0.385. The second kappa shape index (κ2) is 7.35. The Hall–Kier alpha value is -1.70. The number of amides is 1. The number of ether oxygens (including phenoxy) is 1. The van der Waals surface area contributed by atoms with E-state index < -0.39 is 28.9 Å². The van der Waals surface area contributed by atoms with Crippen molar-refractivity contribution in [3.8, 4) is 0 Å². The molecule has 0 aliphatic rings. The van der Waals surface area contributed by atoms with Crippen molar-refractivity contribution in [2.24, 2.45) is 0 Å². The van der Waals surface area contributed by atoms with E-state index >= 15 is 0 Å². The summed E-state index contributed by atoms with van der Waals surface area (Å²) >= 11 is 0.982. The van der Waals surface area contributed by atoms with Crippen LogP contribution in [0.2, 0.25) is 0 Å². The second-order valence-corrected chi connectivity index (χ2v) is 5.40. The number of thioether (sulfide) groups is 1. The van der Waals surface area contributed by atoms with Crippen LogP contribution in [0.25, 0.3) is 0 Å². The topological polar surface area (TPSA) is 55.4 Å². The zero-order valence-corrected chi connectivity index (χ0v) is 12.2. The molecule has 0 saturated heterocycles. The minimum Gasteiger partial charge on any atom is -0.468 e. The summed E-state index contributed by atoms with van der Waals surface area (Å²) in [6.45, 7) is 1.55. The van der Waals surface area contributed by atoms with Gasteiger partial charge in [-0.1, -0.05) is 12.1 Å². The van der Waals surface area contributed by atoms with E-state index in [2.05, 4.69) is 10.1 Å². The van der Waals surface area contributed by atoms with Crippen LogP contribution in [0.1, 0.15) is 12.5 Å². The quantitative estimate of drug-likeness (QED) is 0.847. The fourth-order valence-electron chi connectivity index (χ4n) is 1.46. The molecule has 0 aromatic heterocycles. The smallest absolute Gasteiger partial charge is 0.418 e. The predicted octanol–water partition coefficient (Wildman–Crippen LogP) is 2.94. The van der Waals surface area contributed by atoms with Crippen molar-refractivity contribution in [3.63, 3.8) is 0 Å². The number of nitrogens with one attached hydrogen (secondary N) is 1. The Morgan fingerprint density at radius 2 is 1.95 bits per heavy atom. The van der Waals surface area contributed by atoms with E-state index in [1.807, 2.05) is 0 Å². The van der Waals surface area contributed by atoms with Crippen molar-refractivity contribution < 1.29 is 27.5 Å². The van der Waals surface area contributed by atoms with Crippen molar-refractivity contribution in [1.82, 2.24) is 0 Å². The number of methoxy groups -OCH3 is 1. The van der Waals surface area contributed by atoms with Gasteiger partial charge in [-0.05, 0) is 19.1 Å². The summed E-state index contributed by atoms with van der Waals surface area (Å²) < 4.78 is 42.7. The molecule has 4 nitrogen and oxygen atoms in total. The molecule has 116 valence electrons. The molecular formula is C13H14F3NO3S. The normalized spacial score (nSPS) is 12.6. The van der Waals surface area contributed by atoms with Crippen LogP contribution in [0.5, 0.6) is 0 Å². The highest BCUT2D eigenvalue weighted by molar-refractivity contribution is 8.01. The van der Waals surface area contributed by atoms with Crippen LogP contribution >= 0.6 is 11.8 Å². The first-order chi connectivity index (χ1) is 9.75. The molecule has 1 atom stereocenters. The number of esters is 1. The SMILES string of the molecule is COC(=O)C(C)SCC(=O)Nc1ccccc1C(F)(F)F. The second-order valence-electron chi connectivity index (χ2n) is 4.07. The fourth-order valence-corrected chi connectivity index (χ4v) is 2.17. The molecule has 21 heavy (non-hydrogen) atoms. The van der Waals surface area contributed by atoms with E-state index in [9.17, 15) is 22.8 Å². The Morgan fingerprint density at radius 3 is 2.52 bits per heavy atom. The van der Waals surface area contributed by atoms with Gasteiger partial charge in [-0.3, -0.25) is 9.59 Å². The molecule has 0 fully saturated rings. The van der Waals surface area contributed by atoms with Crippen molar-refractivity contribution in [2.45, 2.75) is 18.3 Å². The zero-order chi connectivity index (χ0) is 16.0. The van der Waals surface area contributed by atoms with Gasteiger partial charge in [-0.25, -0.2) is 0 Å². The molecule has 0 radical (unpaired) electrons. The minimum absolute atomic E-state index is 0.150. The lowest BCUT2D eigenvalue weighted by molar-refractivity contribution is -0.139. The number of anilines is 1. The maximum atomic E-state index is 12.7. The van der Waals surface area contributed by atoms with Gasteiger partial charge in [0.2, 0.25) is 5.91 Å². The van der Waals surface area contributed by atoms with Crippen LogP contribution in [0.3, 0.4) is 0 Å². The first-order valence-corrected chi connectivity index (χ1v) is 6.96. The number of benzene rings is 1. The van der Waals surface area contributed by atoms with E-state index in [0.717, 1.165) is 17.8 Å². The number of halogens is 3. The highest BCUT2D eigenvalue weighted by Gasteiger charge is 2.33. The first-order valence-electron chi connectivity index (χ1n) is 5.91. The highest BCUT2D eigenvalue weighted by Crippen LogP contribution is 2.34. The Kier molecular flexibility index (Phi) is 6.07. The molecule has 1 unspecified atom stereocenters. The van der Waals surface area contributed by atoms with Gasteiger partial charge in [0, 0.05) is 0 Å². The molecule has 1 aromatic rings. The van der Waals surface area contributed by atoms with Crippen LogP contribution in [0, 0.1) is 0 Å². The van der Waals surface area contributed by atoms with Gasteiger partial charge in [0.25, 0.3) is 0 Å². The molecule has 1 rings (SSSR count). The first kappa shape index (κ1) is 17.4. The molecular weight excluding hydrogens is 307 g/mol. The number of rotatable bonds is 5. The van der Waals surface area contributed by atoms with E-state index in [1.165, 1.54) is 25.3 Å². The lowest BCUT2D eigenvalue weighted by atomic mass is 10.1. The van der Waals surface area contributed by atoms with Crippen LogP contribution in [-0.2, 0) is 20.5 Å². The number of alkyl halides is 3. The van der Waals surface area contributed by atoms with Gasteiger partial charge in [-0.2, -0.15) is 13.2 Å². The van der Waals surface area contributed by atoms with E-state index in [1.54, 1.807) is 6.92 Å². The molecule has 0 aliphatic heterocycles. The van der Waals surface area contributed by atoms with Crippen LogP contribution in [0.4, 0.5) is 18.9 Å². The maximum absolute atomic E-state index is 12.7. The summed E-state index contributed by atoms with van der Waals surface area (Å²) in [5.74, 6) is -1.27. The molecule has 1 N–H and O–H groups in total. The third-order valence-electron chi connectivity index (χ3n) is 2.50. The summed E-state index contributed by atoms with van der Waals surface area (Å²) in [5, 5.41) is 1.63. The van der Waals surface area contributed by atoms with Crippen molar-refractivity contribution in [1.29, 1.82) is 0 Å². The maximum Gasteiger partial charge on any atom is 0.418 e. The highest BCUT2D eigenvalue weighted by atomic mass is 32.2.